The highest BCUT2D eigenvalue weighted by Crippen LogP contribution is 2.58. The Labute approximate surface area is 524 Å². The van der Waals surface area contributed by atoms with Crippen molar-refractivity contribution in [3.8, 4) is 22.3 Å². The molecule has 3 aliphatic rings. The third-order valence-corrected chi connectivity index (χ3v) is 19.6. The Kier molecular flexibility index (Phi) is 12.8. The van der Waals surface area contributed by atoms with Gasteiger partial charge in [0.1, 0.15) is 11.2 Å². The Morgan fingerprint density at radius 1 is 0.386 bits per heavy atom. The summed E-state index contributed by atoms with van der Waals surface area (Å²) in [6.07, 6.45) is 0. The monoisotopic (exact) mass is 1150 g/mol. The molecule has 0 saturated carbocycles. The Morgan fingerprint density at radius 2 is 0.841 bits per heavy atom. The van der Waals surface area contributed by atoms with Crippen LogP contribution >= 0.6 is 0 Å². The van der Waals surface area contributed by atoms with Crippen molar-refractivity contribution in [2.45, 2.75) is 150 Å². The van der Waals surface area contributed by atoms with Crippen molar-refractivity contribution in [2.75, 3.05) is 14.7 Å². The molecule has 0 amide bonds. The molecule has 88 heavy (non-hydrogen) atoms. The lowest BCUT2D eigenvalue weighted by Gasteiger charge is -2.45. The highest BCUT2D eigenvalue weighted by Gasteiger charge is 2.46. The molecule has 4 nitrogen and oxygen atoms in total. The zero-order valence-electron chi connectivity index (χ0n) is 54.9. The maximum Gasteiger partial charge on any atom is 0.252 e. The lowest BCUT2D eigenvalue weighted by atomic mass is 9.33. The molecule has 3 heterocycles. The SMILES string of the molecule is CC(C)(C)c1ccc(N(c2ccc(C(C)(C)C)cc2)c2cc(N3c4ccc(C(C)(C)C)cc4B4c5cc(C(C)(C)C)ccc5N(c5ccc(C(C)(C)C)cc5)c5cc(-c6cccc7c6oc6ccccc67)cc3c54)cc3c2C(C)(C)c2ccccc2-3)cc1. The minimum Gasteiger partial charge on any atom is -0.455 e. The number of fused-ring (bicyclic) bond motifs is 10. The summed E-state index contributed by atoms with van der Waals surface area (Å²) in [6, 6.07) is 77.4. The van der Waals surface area contributed by atoms with Gasteiger partial charge >= 0.3 is 0 Å². The van der Waals surface area contributed by atoms with Crippen molar-refractivity contribution in [2.24, 2.45) is 0 Å². The van der Waals surface area contributed by atoms with Crippen LogP contribution in [0.1, 0.15) is 157 Å². The number of para-hydroxylation sites is 2. The normalized spacial score (nSPS) is 14.4. The molecule has 10 aromatic carbocycles. The van der Waals surface area contributed by atoms with E-state index in [0.717, 1.165) is 72.9 Å². The first-order valence-electron chi connectivity index (χ1n) is 31.9. The minimum atomic E-state index is -0.344. The quantitative estimate of drug-likeness (QED) is 0.155. The molecule has 0 bridgehead atoms. The molecule has 11 aromatic rings. The molecule has 0 radical (unpaired) electrons. The van der Waals surface area contributed by atoms with Crippen LogP contribution in [0.3, 0.4) is 0 Å². The molecule has 0 unspecified atom stereocenters. The fourth-order valence-electron chi connectivity index (χ4n) is 14.6. The van der Waals surface area contributed by atoms with Crippen molar-refractivity contribution >= 4 is 96.2 Å². The van der Waals surface area contributed by atoms with Gasteiger partial charge in [0.05, 0.1) is 5.69 Å². The average molecular weight is 1150 g/mol. The van der Waals surface area contributed by atoms with Crippen LogP contribution in [0.5, 0.6) is 0 Å². The van der Waals surface area contributed by atoms with Gasteiger partial charge in [-0.2, -0.15) is 0 Å². The zero-order valence-corrected chi connectivity index (χ0v) is 54.9. The third kappa shape index (κ3) is 9.23. The molecule has 440 valence electrons. The molecular weight excluding hydrogens is 1070 g/mol. The van der Waals surface area contributed by atoms with Crippen LogP contribution in [0.4, 0.5) is 51.2 Å². The van der Waals surface area contributed by atoms with E-state index < -0.39 is 0 Å². The van der Waals surface area contributed by atoms with Crippen LogP contribution in [0, 0.1) is 0 Å². The van der Waals surface area contributed by atoms with Gasteiger partial charge in [-0.25, -0.2) is 0 Å². The van der Waals surface area contributed by atoms with Crippen molar-refractivity contribution in [1.82, 2.24) is 0 Å². The van der Waals surface area contributed by atoms with E-state index in [4.69, 9.17) is 4.42 Å². The third-order valence-electron chi connectivity index (χ3n) is 19.6. The van der Waals surface area contributed by atoms with Crippen molar-refractivity contribution in [3.63, 3.8) is 0 Å². The predicted octanol–water partition coefficient (Wildman–Crippen LogP) is 21.6. The van der Waals surface area contributed by atoms with Crippen molar-refractivity contribution < 1.29 is 4.42 Å². The molecule has 0 fully saturated rings. The van der Waals surface area contributed by atoms with Gasteiger partial charge in [-0.1, -0.05) is 239 Å². The van der Waals surface area contributed by atoms with Crippen LogP contribution < -0.4 is 31.1 Å². The van der Waals surface area contributed by atoms with Crippen LogP contribution in [0.2, 0.25) is 0 Å². The van der Waals surface area contributed by atoms with E-state index in [1.807, 2.05) is 0 Å². The highest BCUT2D eigenvalue weighted by molar-refractivity contribution is 7.00. The van der Waals surface area contributed by atoms with E-state index >= 15 is 0 Å². The fraction of sp³-hybridized carbons (Fsp3) is 0.277. The minimum absolute atomic E-state index is 0.0151. The molecule has 5 heteroatoms. The van der Waals surface area contributed by atoms with Gasteiger partial charge in [-0.05, 0) is 178 Å². The van der Waals surface area contributed by atoms with Gasteiger partial charge < -0.3 is 19.1 Å². The summed E-state index contributed by atoms with van der Waals surface area (Å²) in [5.41, 5.74) is 29.3. The van der Waals surface area contributed by atoms with Gasteiger partial charge in [0.25, 0.3) is 6.71 Å². The van der Waals surface area contributed by atoms with Crippen molar-refractivity contribution in [3.05, 3.63) is 239 Å². The summed E-state index contributed by atoms with van der Waals surface area (Å²) in [6.45, 7) is 39.7. The molecule has 0 atom stereocenters. The van der Waals surface area contributed by atoms with E-state index in [1.54, 1.807) is 0 Å². The molecule has 14 rings (SSSR count). The molecule has 0 saturated heterocycles. The number of benzene rings is 10. The lowest BCUT2D eigenvalue weighted by molar-refractivity contribution is 0.590. The van der Waals surface area contributed by atoms with E-state index in [1.165, 1.54) is 77.8 Å². The second-order valence-electron chi connectivity index (χ2n) is 31.1. The van der Waals surface area contributed by atoms with Gasteiger partial charge in [0, 0.05) is 67.2 Å². The fourth-order valence-corrected chi connectivity index (χ4v) is 14.6. The zero-order chi connectivity index (χ0) is 61.9. The summed E-state index contributed by atoms with van der Waals surface area (Å²) in [4.78, 5) is 7.80. The molecule has 0 N–H and O–H groups in total. The van der Waals surface area contributed by atoms with Crippen LogP contribution in [0.25, 0.3) is 44.2 Å². The second kappa shape index (κ2) is 19.7. The van der Waals surface area contributed by atoms with E-state index in [2.05, 4.69) is 333 Å². The summed E-state index contributed by atoms with van der Waals surface area (Å²) in [7, 11) is 0. The number of furan rings is 1. The number of hydrogen-bond donors (Lipinski definition) is 0. The Hall–Kier alpha value is -8.54. The van der Waals surface area contributed by atoms with E-state index in [9.17, 15) is 0 Å². The molecular formula is C83H84BN3O. The summed E-state index contributed by atoms with van der Waals surface area (Å²) < 4.78 is 7.01. The first-order valence-corrected chi connectivity index (χ1v) is 31.9. The van der Waals surface area contributed by atoms with Crippen molar-refractivity contribution in [1.29, 1.82) is 0 Å². The summed E-state index contributed by atoms with van der Waals surface area (Å²) >= 11 is 0. The Bertz CT molecular complexity index is 4540. The summed E-state index contributed by atoms with van der Waals surface area (Å²) in [5.74, 6) is 0. The lowest BCUT2D eigenvalue weighted by Crippen LogP contribution is -2.61. The predicted molar refractivity (Wildman–Crippen MR) is 379 cm³/mol. The molecule has 2 aliphatic heterocycles. The average Bonchev–Trinajstić information content (AvgIpc) is 0.866. The standard InChI is InChI=1S/C83H84BN3O/c1-78(2,3)52-29-37-57(38-30-52)85(58-39-31-53(32-40-58)79(4,5)6)71-50-60(49-65-62-23-18-20-27-66(62)83(16,17)75(65)71)87-70-44-36-56(82(13,14)15)48-68(70)84-67-47-55(81(10,11)12)35-43-69(67)86(59-41-33-54(34-42-59)80(7,8)9)72-45-51(46-73(87)76(72)84)61-25-22-26-64-63-24-19-21-28-74(63)88-77(61)64/h18-50H,1-17H3. The highest BCUT2D eigenvalue weighted by atomic mass is 16.3. The maximum absolute atomic E-state index is 7.01. The molecule has 1 aliphatic carbocycles. The van der Waals surface area contributed by atoms with Crippen LogP contribution in [-0.2, 0) is 32.5 Å². The first-order chi connectivity index (χ1) is 41.6. The maximum atomic E-state index is 7.01. The molecule has 1 aromatic heterocycles. The van der Waals surface area contributed by atoms with E-state index in [-0.39, 0.29) is 39.2 Å². The second-order valence-corrected chi connectivity index (χ2v) is 31.1. The topological polar surface area (TPSA) is 22.9 Å². The number of anilines is 9. The van der Waals surface area contributed by atoms with Gasteiger partial charge in [0.15, 0.2) is 0 Å². The van der Waals surface area contributed by atoms with Gasteiger partial charge in [-0.15, -0.1) is 0 Å². The van der Waals surface area contributed by atoms with Gasteiger partial charge in [-0.3, -0.25) is 0 Å². The van der Waals surface area contributed by atoms with Crippen LogP contribution in [-0.4, -0.2) is 6.71 Å². The largest absolute Gasteiger partial charge is 0.455 e. The number of hydrogen-bond acceptors (Lipinski definition) is 4. The molecule has 0 spiro atoms. The Balaban J connectivity index is 1.13. The Morgan fingerprint density at radius 3 is 1.38 bits per heavy atom. The smallest absolute Gasteiger partial charge is 0.252 e. The van der Waals surface area contributed by atoms with E-state index in [0.29, 0.717) is 0 Å². The number of nitrogens with zero attached hydrogens (tertiary/aromatic N) is 3. The first kappa shape index (κ1) is 57.2. The van der Waals surface area contributed by atoms with Gasteiger partial charge in [0.2, 0.25) is 0 Å². The van der Waals surface area contributed by atoms with Crippen LogP contribution in [0.15, 0.2) is 205 Å². The number of rotatable bonds is 6. The summed E-state index contributed by atoms with van der Waals surface area (Å²) in [5, 5.41) is 2.23.